The molecule has 0 saturated carbocycles. The highest BCUT2D eigenvalue weighted by Crippen LogP contribution is 2.22. The largest absolute Gasteiger partial charge is 0.497 e. The maximum Gasteiger partial charge on any atom is 0.252 e. The minimum Gasteiger partial charge on any atom is -0.497 e. The summed E-state index contributed by atoms with van der Waals surface area (Å²) in [5, 5.41) is 15.7. The Morgan fingerprint density at radius 3 is 2.58 bits per heavy atom. The summed E-state index contributed by atoms with van der Waals surface area (Å²) < 4.78 is 5.15. The van der Waals surface area contributed by atoms with Gasteiger partial charge in [-0.05, 0) is 23.8 Å². The molecule has 142 valence electrons. The van der Waals surface area contributed by atoms with Crippen molar-refractivity contribution in [2.75, 3.05) is 26.7 Å². The van der Waals surface area contributed by atoms with Crippen LogP contribution in [0.1, 0.15) is 10.4 Å². The molecule has 1 saturated heterocycles. The molecule has 2 aromatic rings. The third-order valence-corrected chi connectivity index (χ3v) is 4.25. The zero-order valence-corrected chi connectivity index (χ0v) is 16.0. The number of aromatic nitrogens is 1. The number of carbonyl (C=O) groups is 1. The third kappa shape index (κ3) is 5.32. The lowest BCUT2D eigenvalue weighted by Crippen LogP contribution is -2.34. The molecule has 0 bridgehead atoms. The molecule has 1 aliphatic rings. The molecule has 2 unspecified atom stereocenters. The van der Waals surface area contributed by atoms with Gasteiger partial charge in [-0.15, -0.1) is 24.8 Å². The van der Waals surface area contributed by atoms with E-state index in [1.54, 1.807) is 19.5 Å². The summed E-state index contributed by atoms with van der Waals surface area (Å²) in [7, 11) is 1.62. The number of carbonyl (C=O) groups excluding carboxylic acids is 1. The summed E-state index contributed by atoms with van der Waals surface area (Å²) in [4.78, 5) is 16.5. The lowest BCUT2D eigenvalue weighted by atomic mass is 10.0. The van der Waals surface area contributed by atoms with Crippen molar-refractivity contribution in [2.45, 2.75) is 6.10 Å². The van der Waals surface area contributed by atoms with E-state index >= 15 is 0 Å². The summed E-state index contributed by atoms with van der Waals surface area (Å²) in [5.74, 6) is 0.646. The Bertz CT molecular complexity index is 713. The first kappa shape index (κ1) is 22.2. The molecule has 2 atom stereocenters. The van der Waals surface area contributed by atoms with Gasteiger partial charge in [0, 0.05) is 43.5 Å². The molecule has 3 rings (SSSR count). The predicted molar refractivity (Wildman–Crippen MR) is 105 cm³/mol. The van der Waals surface area contributed by atoms with Gasteiger partial charge < -0.3 is 20.5 Å². The number of rotatable bonds is 5. The number of pyridine rings is 1. The average molecular weight is 400 g/mol. The van der Waals surface area contributed by atoms with E-state index in [0.717, 1.165) is 16.9 Å². The van der Waals surface area contributed by atoms with E-state index in [0.29, 0.717) is 25.2 Å². The smallest absolute Gasteiger partial charge is 0.252 e. The molecule has 1 amide bonds. The molecular formula is C18H23Cl2N3O3. The number of hydrogen-bond acceptors (Lipinski definition) is 5. The first-order chi connectivity index (χ1) is 11.7. The fourth-order valence-electron chi connectivity index (χ4n) is 2.76. The molecule has 1 aromatic heterocycles. The van der Waals surface area contributed by atoms with E-state index in [1.807, 2.05) is 30.3 Å². The van der Waals surface area contributed by atoms with E-state index in [-0.39, 0.29) is 36.6 Å². The van der Waals surface area contributed by atoms with Crippen molar-refractivity contribution in [3.05, 3.63) is 48.3 Å². The van der Waals surface area contributed by atoms with Gasteiger partial charge in [0.25, 0.3) is 5.91 Å². The number of amides is 1. The fraction of sp³-hybridized carbons (Fsp3) is 0.333. The highest BCUT2D eigenvalue weighted by molar-refractivity contribution is 5.95. The van der Waals surface area contributed by atoms with Crippen molar-refractivity contribution in [3.8, 4) is 16.9 Å². The van der Waals surface area contributed by atoms with Gasteiger partial charge in [-0.2, -0.15) is 0 Å². The van der Waals surface area contributed by atoms with E-state index in [4.69, 9.17) is 4.74 Å². The van der Waals surface area contributed by atoms with Crippen LogP contribution < -0.4 is 15.4 Å². The average Bonchev–Trinajstić information content (AvgIpc) is 3.05. The van der Waals surface area contributed by atoms with Crippen LogP contribution in [0.2, 0.25) is 0 Å². The van der Waals surface area contributed by atoms with Gasteiger partial charge in [-0.25, -0.2) is 0 Å². The van der Waals surface area contributed by atoms with Gasteiger partial charge in [-0.1, -0.05) is 12.1 Å². The Kier molecular flexibility index (Phi) is 8.81. The number of β-amino-alcohol motifs (C(OH)–C–C–N with tert-alkyl or cyclic N) is 1. The molecule has 8 heteroatoms. The molecule has 1 fully saturated rings. The van der Waals surface area contributed by atoms with Crippen LogP contribution in [0.3, 0.4) is 0 Å². The van der Waals surface area contributed by atoms with Crippen LogP contribution in [0.15, 0.2) is 42.7 Å². The van der Waals surface area contributed by atoms with Crippen molar-refractivity contribution in [1.29, 1.82) is 0 Å². The van der Waals surface area contributed by atoms with Crippen LogP contribution in [-0.4, -0.2) is 48.8 Å². The second kappa shape index (κ2) is 10.3. The van der Waals surface area contributed by atoms with Gasteiger partial charge in [0.1, 0.15) is 5.75 Å². The minimum atomic E-state index is -0.408. The van der Waals surface area contributed by atoms with Crippen molar-refractivity contribution in [1.82, 2.24) is 15.6 Å². The summed E-state index contributed by atoms with van der Waals surface area (Å²) in [6.45, 7) is 1.74. The van der Waals surface area contributed by atoms with Gasteiger partial charge >= 0.3 is 0 Å². The summed E-state index contributed by atoms with van der Waals surface area (Å²) in [6.07, 6.45) is 2.86. The summed E-state index contributed by atoms with van der Waals surface area (Å²) in [6, 6.07) is 9.41. The maximum absolute atomic E-state index is 12.3. The molecule has 1 aromatic carbocycles. The third-order valence-electron chi connectivity index (χ3n) is 4.25. The fourth-order valence-corrected chi connectivity index (χ4v) is 2.76. The Morgan fingerprint density at radius 2 is 1.96 bits per heavy atom. The Labute approximate surface area is 165 Å². The van der Waals surface area contributed by atoms with Crippen molar-refractivity contribution in [2.24, 2.45) is 5.92 Å². The normalized spacial score (nSPS) is 18.4. The van der Waals surface area contributed by atoms with Crippen LogP contribution in [0.25, 0.3) is 11.1 Å². The summed E-state index contributed by atoms with van der Waals surface area (Å²) >= 11 is 0. The van der Waals surface area contributed by atoms with E-state index in [9.17, 15) is 9.90 Å². The second-order valence-corrected chi connectivity index (χ2v) is 5.89. The zero-order valence-electron chi connectivity index (χ0n) is 14.3. The van der Waals surface area contributed by atoms with Crippen molar-refractivity contribution in [3.63, 3.8) is 0 Å². The lowest BCUT2D eigenvalue weighted by Gasteiger charge is -2.14. The highest BCUT2D eigenvalue weighted by Gasteiger charge is 2.25. The molecule has 6 nitrogen and oxygen atoms in total. The van der Waals surface area contributed by atoms with Crippen molar-refractivity contribution >= 4 is 30.7 Å². The molecule has 1 aliphatic heterocycles. The van der Waals surface area contributed by atoms with Gasteiger partial charge in [0.2, 0.25) is 0 Å². The van der Waals surface area contributed by atoms with Crippen LogP contribution >= 0.6 is 24.8 Å². The maximum atomic E-state index is 12.3. The second-order valence-electron chi connectivity index (χ2n) is 5.89. The first-order valence-electron chi connectivity index (χ1n) is 7.94. The van der Waals surface area contributed by atoms with E-state index < -0.39 is 6.10 Å². The number of halogens is 2. The number of benzene rings is 1. The van der Waals surface area contributed by atoms with Crippen LogP contribution in [0.4, 0.5) is 0 Å². The molecule has 3 N–H and O–H groups in total. The van der Waals surface area contributed by atoms with Gasteiger partial charge in [-0.3, -0.25) is 9.78 Å². The quantitative estimate of drug-likeness (QED) is 0.714. The zero-order chi connectivity index (χ0) is 16.9. The van der Waals surface area contributed by atoms with Crippen molar-refractivity contribution < 1.29 is 14.6 Å². The standard InChI is InChI=1S/C18H21N3O3.2ClH/c1-24-16-4-2-12(3-5-16)13-6-14(8-19-7-13)18(23)21-10-15-9-20-11-17(15)22;;/h2-8,15,17,20,22H,9-11H2,1H3,(H,21,23);2*1H. The number of nitrogens with zero attached hydrogens (tertiary/aromatic N) is 1. The number of ether oxygens (including phenoxy) is 1. The number of nitrogens with one attached hydrogen (secondary N) is 2. The Morgan fingerprint density at radius 1 is 1.23 bits per heavy atom. The highest BCUT2D eigenvalue weighted by atomic mass is 35.5. The first-order valence-corrected chi connectivity index (χ1v) is 7.94. The van der Waals surface area contributed by atoms with Gasteiger partial charge in [0.15, 0.2) is 0 Å². The Balaban J connectivity index is 0.00000169. The Hall–Kier alpha value is -1.86. The molecule has 2 heterocycles. The number of methoxy groups -OCH3 is 1. The predicted octanol–water partition coefficient (Wildman–Crippen LogP) is 1.91. The number of hydrogen-bond donors (Lipinski definition) is 3. The molecular weight excluding hydrogens is 377 g/mol. The topological polar surface area (TPSA) is 83.5 Å². The molecule has 0 spiro atoms. The number of aliphatic hydroxyl groups excluding tert-OH is 1. The molecule has 0 aliphatic carbocycles. The monoisotopic (exact) mass is 399 g/mol. The van der Waals surface area contributed by atoms with E-state index in [2.05, 4.69) is 15.6 Å². The summed E-state index contributed by atoms with van der Waals surface area (Å²) in [5.41, 5.74) is 2.34. The van der Waals surface area contributed by atoms with Crippen LogP contribution in [0.5, 0.6) is 5.75 Å². The SMILES string of the molecule is COc1ccc(-c2cncc(C(=O)NCC3CNCC3O)c2)cc1.Cl.Cl. The molecule has 26 heavy (non-hydrogen) atoms. The molecule has 0 radical (unpaired) electrons. The number of aliphatic hydroxyl groups is 1. The van der Waals surface area contributed by atoms with Gasteiger partial charge in [0.05, 0.1) is 18.8 Å². The van der Waals surface area contributed by atoms with Crippen LogP contribution in [0, 0.1) is 5.92 Å². The van der Waals surface area contributed by atoms with Crippen LogP contribution in [-0.2, 0) is 0 Å². The minimum absolute atomic E-state index is 0. The lowest BCUT2D eigenvalue weighted by molar-refractivity contribution is 0.0926. The van der Waals surface area contributed by atoms with E-state index in [1.165, 1.54) is 0 Å².